The number of halogens is 3. The number of benzene rings is 6. The Kier molecular flexibility index (Phi) is 7.15. The van der Waals surface area contributed by atoms with Gasteiger partial charge in [0.1, 0.15) is 0 Å². The molecule has 6 aromatic carbocycles. The second-order valence-corrected chi connectivity index (χ2v) is 11.9. The van der Waals surface area contributed by atoms with Gasteiger partial charge in [-0.15, -0.1) is 0 Å². The highest BCUT2D eigenvalue weighted by molar-refractivity contribution is 6.23. The standard InChI is InChI=1S/C42H25F3N4/c1-25-20-30(23-31(21-25)42(43,44)45)28-16-11-17-29(22-28)37-33-24-35(46-2)40-41(36(33)32-18-9-10-19-34(32)47-37)49-39(27-14-7-4-8-15-27)38(48-40)26-12-5-3-6-13-26/h3-24H,1H3. The first-order chi connectivity index (χ1) is 23.8. The molecule has 4 nitrogen and oxygen atoms in total. The summed E-state index contributed by atoms with van der Waals surface area (Å²) >= 11 is 0. The first-order valence-corrected chi connectivity index (χ1v) is 15.6. The molecule has 0 amide bonds. The van der Waals surface area contributed by atoms with Crippen LogP contribution in [-0.4, -0.2) is 15.0 Å². The van der Waals surface area contributed by atoms with Crippen LogP contribution in [0.4, 0.5) is 18.9 Å². The fourth-order valence-corrected chi connectivity index (χ4v) is 6.48. The van der Waals surface area contributed by atoms with E-state index in [0.717, 1.165) is 33.5 Å². The number of fused-ring (bicyclic) bond motifs is 5. The summed E-state index contributed by atoms with van der Waals surface area (Å²) in [5.74, 6) is 0. The predicted octanol–water partition coefficient (Wildman–Crippen LogP) is 11.9. The number of nitrogens with zero attached hydrogens (tertiary/aromatic N) is 4. The molecule has 0 bridgehead atoms. The predicted molar refractivity (Wildman–Crippen MR) is 190 cm³/mol. The number of pyridine rings is 1. The molecule has 8 rings (SSSR count). The molecule has 0 unspecified atom stereocenters. The molecule has 7 heteroatoms. The van der Waals surface area contributed by atoms with Crippen molar-refractivity contribution in [2.45, 2.75) is 13.1 Å². The molecule has 0 aliphatic carbocycles. The molecule has 0 N–H and O–H groups in total. The van der Waals surface area contributed by atoms with E-state index in [4.69, 9.17) is 21.5 Å². The first kappa shape index (κ1) is 30.0. The van der Waals surface area contributed by atoms with E-state index >= 15 is 0 Å². The summed E-state index contributed by atoms with van der Waals surface area (Å²) < 4.78 is 41.2. The number of aromatic nitrogens is 3. The van der Waals surface area contributed by atoms with Crippen LogP contribution in [0.25, 0.3) is 82.5 Å². The maximum absolute atomic E-state index is 13.7. The maximum Gasteiger partial charge on any atom is 0.416 e. The van der Waals surface area contributed by atoms with Gasteiger partial charge in [0, 0.05) is 32.8 Å². The minimum Gasteiger partial charge on any atom is -0.255 e. The second-order valence-electron chi connectivity index (χ2n) is 11.9. The van der Waals surface area contributed by atoms with E-state index in [1.165, 1.54) is 6.07 Å². The zero-order chi connectivity index (χ0) is 33.7. The number of aryl methyl sites for hydroxylation is 1. The third kappa shape index (κ3) is 5.34. The lowest BCUT2D eigenvalue weighted by molar-refractivity contribution is -0.137. The van der Waals surface area contributed by atoms with Crippen molar-refractivity contribution in [1.82, 2.24) is 15.0 Å². The Morgan fingerprint density at radius 1 is 0.531 bits per heavy atom. The average molecular weight is 643 g/mol. The van der Waals surface area contributed by atoms with Crippen molar-refractivity contribution in [2.24, 2.45) is 0 Å². The Balaban J connectivity index is 1.45. The third-order valence-electron chi connectivity index (χ3n) is 8.68. The molecule has 0 radical (unpaired) electrons. The summed E-state index contributed by atoms with van der Waals surface area (Å²) in [5.41, 5.74) is 7.44. The van der Waals surface area contributed by atoms with Gasteiger partial charge in [-0.05, 0) is 53.9 Å². The van der Waals surface area contributed by atoms with Gasteiger partial charge in [0.05, 0.1) is 45.8 Å². The number of hydrogen-bond donors (Lipinski definition) is 0. The van der Waals surface area contributed by atoms with Crippen LogP contribution >= 0.6 is 0 Å². The minimum absolute atomic E-state index is 0.329. The highest BCUT2D eigenvalue weighted by Crippen LogP contribution is 2.43. The van der Waals surface area contributed by atoms with Crippen molar-refractivity contribution in [2.75, 3.05) is 0 Å². The van der Waals surface area contributed by atoms with Crippen LogP contribution in [0.5, 0.6) is 0 Å². The Hall–Kier alpha value is -6.39. The molecule has 2 heterocycles. The maximum atomic E-state index is 13.7. The summed E-state index contributed by atoms with van der Waals surface area (Å²) in [6.45, 7) is 9.87. The Morgan fingerprint density at radius 3 is 1.82 bits per heavy atom. The van der Waals surface area contributed by atoms with Gasteiger partial charge in [0.25, 0.3) is 0 Å². The van der Waals surface area contributed by atoms with Gasteiger partial charge in [0.15, 0.2) is 0 Å². The Morgan fingerprint density at radius 2 is 1.14 bits per heavy atom. The molecule has 2 aromatic heterocycles. The fraction of sp³-hybridized carbons (Fsp3) is 0.0476. The zero-order valence-corrected chi connectivity index (χ0v) is 26.1. The molecule has 234 valence electrons. The van der Waals surface area contributed by atoms with Gasteiger partial charge in [-0.2, -0.15) is 13.2 Å². The van der Waals surface area contributed by atoms with Gasteiger partial charge in [-0.25, -0.2) is 14.8 Å². The third-order valence-corrected chi connectivity index (χ3v) is 8.68. The van der Waals surface area contributed by atoms with Crippen LogP contribution in [0.15, 0.2) is 133 Å². The monoisotopic (exact) mass is 642 g/mol. The summed E-state index contributed by atoms with van der Waals surface area (Å²) in [7, 11) is 0. The number of para-hydroxylation sites is 1. The van der Waals surface area contributed by atoms with Gasteiger partial charge in [-0.3, -0.25) is 4.98 Å². The van der Waals surface area contributed by atoms with E-state index in [0.29, 0.717) is 61.4 Å². The van der Waals surface area contributed by atoms with E-state index in [-0.39, 0.29) is 0 Å². The number of alkyl halides is 3. The Bertz CT molecular complexity index is 2610. The van der Waals surface area contributed by atoms with Crippen molar-refractivity contribution in [1.29, 1.82) is 0 Å². The molecule has 0 aliphatic heterocycles. The van der Waals surface area contributed by atoms with Crippen LogP contribution < -0.4 is 0 Å². The topological polar surface area (TPSA) is 43.0 Å². The van der Waals surface area contributed by atoms with Crippen LogP contribution in [0.2, 0.25) is 0 Å². The van der Waals surface area contributed by atoms with E-state index in [2.05, 4.69) is 4.85 Å². The van der Waals surface area contributed by atoms with Gasteiger partial charge in [0.2, 0.25) is 5.69 Å². The minimum atomic E-state index is -4.47. The SMILES string of the molecule is [C-]#[N+]c1cc2c(-c3cccc(-c4cc(C)cc(C(F)(F)F)c4)c3)nc3ccccc3c2c2nc(-c3ccccc3)c(-c3ccccc3)nc12. The molecule has 0 fully saturated rings. The molecule has 0 atom stereocenters. The van der Waals surface area contributed by atoms with E-state index in [9.17, 15) is 13.2 Å². The zero-order valence-electron chi connectivity index (χ0n) is 26.1. The normalized spacial score (nSPS) is 11.7. The molecule has 49 heavy (non-hydrogen) atoms. The fourth-order valence-electron chi connectivity index (χ4n) is 6.48. The lowest BCUT2D eigenvalue weighted by Crippen LogP contribution is -2.05. The number of rotatable bonds is 4. The lowest BCUT2D eigenvalue weighted by Gasteiger charge is -2.16. The Labute approximate surface area is 280 Å². The average Bonchev–Trinajstić information content (AvgIpc) is 3.13. The molecule has 0 spiro atoms. The highest BCUT2D eigenvalue weighted by atomic mass is 19.4. The summed E-state index contributed by atoms with van der Waals surface area (Å²) in [6.07, 6.45) is -4.47. The van der Waals surface area contributed by atoms with Crippen LogP contribution in [0.1, 0.15) is 11.1 Å². The summed E-state index contributed by atoms with van der Waals surface area (Å²) in [4.78, 5) is 19.5. The van der Waals surface area contributed by atoms with Crippen LogP contribution in [-0.2, 0) is 6.18 Å². The van der Waals surface area contributed by atoms with E-state index in [1.807, 2.05) is 109 Å². The quantitative estimate of drug-likeness (QED) is 0.142. The molecule has 0 saturated carbocycles. The van der Waals surface area contributed by atoms with Crippen molar-refractivity contribution >= 4 is 38.4 Å². The van der Waals surface area contributed by atoms with Gasteiger partial charge < -0.3 is 0 Å². The molecule has 0 aliphatic rings. The van der Waals surface area contributed by atoms with Crippen molar-refractivity contribution in [3.8, 4) is 44.9 Å². The molecule has 0 saturated heterocycles. The van der Waals surface area contributed by atoms with Crippen LogP contribution in [0, 0.1) is 13.5 Å². The molecule has 8 aromatic rings. The molecular weight excluding hydrogens is 617 g/mol. The second kappa shape index (κ2) is 11.7. The lowest BCUT2D eigenvalue weighted by atomic mass is 9.94. The van der Waals surface area contributed by atoms with E-state index in [1.54, 1.807) is 19.1 Å². The van der Waals surface area contributed by atoms with E-state index < -0.39 is 11.7 Å². The summed E-state index contributed by atoms with van der Waals surface area (Å²) in [5, 5.41) is 2.36. The molecular formula is C42H25F3N4. The summed E-state index contributed by atoms with van der Waals surface area (Å²) in [6, 6.07) is 40.7. The van der Waals surface area contributed by atoms with Crippen molar-refractivity contribution in [3.05, 3.63) is 156 Å². The number of hydrogen-bond acceptors (Lipinski definition) is 3. The first-order valence-electron chi connectivity index (χ1n) is 15.6. The van der Waals surface area contributed by atoms with Crippen molar-refractivity contribution < 1.29 is 13.2 Å². The largest absolute Gasteiger partial charge is 0.416 e. The van der Waals surface area contributed by atoms with Gasteiger partial charge >= 0.3 is 6.18 Å². The smallest absolute Gasteiger partial charge is 0.255 e. The van der Waals surface area contributed by atoms with Crippen LogP contribution in [0.3, 0.4) is 0 Å². The highest BCUT2D eigenvalue weighted by Gasteiger charge is 2.31. The van der Waals surface area contributed by atoms with Gasteiger partial charge in [-0.1, -0.05) is 103 Å². The van der Waals surface area contributed by atoms with Crippen molar-refractivity contribution in [3.63, 3.8) is 0 Å².